The summed E-state index contributed by atoms with van der Waals surface area (Å²) >= 11 is 0. The monoisotopic (exact) mass is 469 g/mol. The molecule has 2 aromatic rings. The van der Waals surface area contributed by atoms with Gasteiger partial charge in [-0.3, -0.25) is 4.79 Å². The molecule has 0 radical (unpaired) electrons. The van der Waals surface area contributed by atoms with Crippen LogP contribution in [0, 0.1) is 11.8 Å². The highest BCUT2D eigenvalue weighted by molar-refractivity contribution is 5.90. The molecule has 0 spiro atoms. The van der Waals surface area contributed by atoms with Gasteiger partial charge in [0.2, 0.25) is 5.91 Å². The van der Waals surface area contributed by atoms with Crippen molar-refractivity contribution in [1.29, 1.82) is 0 Å². The molecule has 2 amide bonds. The Balaban J connectivity index is 1.39. The third-order valence-corrected chi connectivity index (χ3v) is 7.01. The number of hydrogen-bond acceptors (Lipinski definition) is 4. The predicted molar refractivity (Wildman–Crippen MR) is 128 cm³/mol. The molecule has 1 atom stereocenters. The first-order valence-corrected chi connectivity index (χ1v) is 12.1. The van der Waals surface area contributed by atoms with Crippen molar-refractivity contribution in [2.75, 3.05) is 13.6 Å². The number of ether oxygens (including phenoxy) is 1. The molecule has 1 aromatic heterocycles. The minimum atomic E-state index is -0.961. The Morgan fingerprint density at radius 2 is 1.82 bits per heavy atom. The third kappa shape index (κ3) is 5.05. The first-order valence-electron chi connectivity index (χ1n) is 12.1. The van der Waals surface area contributed by atoms with Crippen LogP contribution in [0.3, 0.4) is 0 Å². The van der Waals surface area contributed by atoms with Gasteiger partial charge in [0.15, 0.2) is 0 Å². The standard InChI is InChI=1S/C26H35N3O5/c1-26(2,3)34-25(33)28(4)14-16-9-11-17(12-10-16)23(30)29-15-21-19(13-22(29)24(31)32)18-7-5-6-8-20(18)27-21/h5-8,16-17,22,27H,9-15H2,1-4H3,(H,31,32). The summed E-state index contributed by atoms with van der Waals surface area (Å²) < 4.78 is 5.43. The zero-order chi connectivity index (χ0) is 24.6. The zero-order valence-corrected chi connectivity index (χ0v) is 20.5. The van der Waals surface area contributed by atoms with Crippen LogP contribution in [0.15, 0.2) is 24.3 Å². The first-order chi connectivity index (χ1) is 16.0. The fourth-order valence-corrected chi connectivity index (χ4v) is 5.29. The molecule has 1 aliphatic heterocycles. The number of carboxylic acid groups (broad SMARTS) is 1. The van der Waals surface area contributed by atoms with E-state index in [-0.39, 0.29) is 17.9 Å². The molecule has 1 aromatic carbocycles. The smallest absolute Gasteiger partial charge is 0.410 e. The Morgan fingerprint density at radius 1 is 1.15 bits per heavy atom. The minimum absolute atomic E-state index is 0.0735. The molecular weight excluding hydrogens is 434 g/mol. The lowest BCUT2D eigenvalue weighted by Gasteiger charge is -2.38. The van der Waals surface area contributed by atoms with Crippen LogP contribution in [0.1, 0.15) is 57.7 Å². The maximum Gasteiger partial charge on any atom is 0.410 e. The lowest BCUT2D eigenvalue weighted by Crippen LogP contribution is -2.51. The van der Waals surface area contributed by atoms with E-state index in [4.69, 9.17) is 4.74 Å². The van der Waals surface area contributed by atoms with Gasteiger partial charge in [-0.15, -0.1) is 0 Å². The van der Waals surface area contributed by atoms with Crippen molar-refractivity contribution in [3.05, 3.63) is 35.5 Å². The maximum absolute atomic E-state index is 13.5. The third-order valence-electron chi connectivity index (χ3n) is 7.01. The fraction of sp³-hybridized carbons (Fsp3) is 0.577. The van der Waals surface area contributed by atoms with Gasteiger partial charge in [0, 0.05) is 42.5 Å². The number of fused-ring (bicyclic) bond motifs is 3. The Bertz CT molecular complexity index is 1080. The quantitative estimate of drug-likeness (QED) is 0.699. The normalized spacial score (nSPS) is 22.8. The number of nitrogens with one attached hydrogen (secondary N) is 1. The number of aromatic amines is 1. The fourth-order valence-electron chi connectivity index (χ4n) is 5.29. The van der Waals surface area contributed by atoms with Crippen LogP contribution in [0.4, 0.5) is 4.79 Å². The molecule has 4 rings (SSSR count). The van der Waals surface area contributed by atoms with Crippen LogP contribution in [-0.4, -0.2) is 63.1 Å². The van der Waals surface area contributed by atoms with Crippen molar-refractivity contribution < 1.29 is 24.2 Å². The molecule has 1 unspecified atom stereocenters. The molecule has 184 valence electrons. The van der Waals surface area contributed by atoms with Crippen LogP contribution in [0.5, 0.6) is 0 Å². The number of aromatic nitrogens is 1. The molecule has 1 fully saturated rings. The van der Waals surface area contributed by atoms with Crippen molar-refractivity contribution in [3.63, 3.8) is 0 Å². The van der Waals surface area contributed by atoms with Crippen molar-refractivity contribution in [1.82, 2.24) is 14.8 Å². The largest absolute Gasteiger partial charge is 0.480 e. The molecule has 8 heteroatoms. The van der Waals surface area contributed by atoms with Gasteiger partial charge in [0.05, 0.1) is 6.54 Å². The summed E-state index contributed by atoms with van der Waals surface area (Å²) in [5, 5.41) is 10.9. The lowest BCUT2D eigenvalue weighted by atomic mass is 9.80. The Labute approximate surface area is 200 Å². The van der Waals surface area contributed by atoms with E-state index in [1.54, 1.807) is 16.8 Å². The van der Waals surface area contributed by atoms with E-state index in [2.05, 4.69) is 4.98 Å². The molecule has 2 aliphatic rings. The van der Waals surface area contributed by atoms with Gasteiger partial charge in [-0.25, -0.2) is 9.59 Å². The number of amides is 2. The van der Waals surface area contributed by atoms with Crippen molar-refractivity contribution >= 4 is 28.9 Å². The predicted octanol–water partition coefficient (Wildman–Crippen LogP) is 4.18. The van der Waals surface area contributed by atoms with Gasteiger partial charge in [-0.05, 0) is 64.0 Å². The number of hydrogen-bond donors (Lipinski definition) is 2. The molecule has 1 saturated carbocycles. The number of rotatable bonds is 4. The second kappa shape index (κ2) is 9.31. The van der Waals surface area contributed by atoms with E-state index in [0.29, 0.717) is 38.3 Å². The van der Waals surface area contributed by atoms with Gasteiger partial charge in [0.1, 0.15) is 11.6 Å². The molecule has 0 saturated heterocycles. The van der Waals surface area contributed by atoms with Crippen LogP contribution in [-0.2, 0) is 27.3 Å². The average Bonchev–Trinajstić information content (AvgIpc) is 3.14. The summed E-state index contributed by atoms with van der Waals surface area (Å²) in [4.78, 5) is 44.4. The van der Waals surface area contributed by atoms with Gasteiger partial charge in [0.25, 0.3) is 0 Å². The molecule has 2 heterocycles. The van der Waals surface area contributed by atoms with Crippen LogP contribution < -0.4 is 0 Å². The van der Waals surface area contributed by atoms with E-state index < -0.39 is 17.6 Å². The highest BCUT2D eigenvalue weighted by Crippen LogP contribution is 2.35. The van der Waals surface area contributed by atoms with Crippen LogP contribution in [0.2, 0.25) is 0 Å². The molecule has 2 N–H and O–H groups in total. The molecular formula is C26H35N3O5. The Hall–Kier alpha value is -3.03. The first kappa shape index (κ1) is 24.1. The van der Waals surface area contributed by atoms with Gasteiger partial charge < -0.3 is 24.6 Å². The number of H-pyrrole nitrogens is 1. The SMILES string of the molecule is CN(CC1CCC(C(=O)N2Cc3[nH]c4ccccc4c3CC2C(=O)O)CC1)C(=O)OC(C)(C)C. The summed E-state index contributed by atoms with van der Waals surface area (Å²) in [6.45, 7) is 6.43. The number of para-hydroxylation sites is 1. The second-order valence-corrected chi connectivity index (χ2v) is 10.7. The molecule has 1 aliphatic carbocycles. The molecule has 34 heavy (non-hydrogen) atoms. The summed E-state index contributed by atoms with van der Waals surface area (Å²) in [5.74, 6) is -0.915. The van der Waals surface area contributed by atoms with Crippen molar-refractivity contribution in [3.8, 4) is 0 Å². The average molecular weight is 470 g/mol. The molecule has 0 bridgehead atoms. The van der Waals surface area contributed by atoms with E-state index in [1.165, 1.54) is 0 Å². The Morgan fingerprint density at radius 3 is 2.47 bits per heavy atom. The van der Waals surface area contributed by atoms with Crippen molar-refractivity contribution in [2.45, 2.75) is 71.1 Å². The van der Waals surface area contributed by atoms with Crippen LogP contribution in [0.25, 0.3) is 10.9 Å². The summed E-state index contributed by atoms with van der Waals surface area (Å²) in [6.07, 6.45) is 3.04. The van der Waals surface area contributed by atoms with Crippen LogP contribution >= 0.6 is 0 Å². The highest BCUT2D eigenvalue weighted by Gasteiger charge is 2.40. The number of aliphatic carboxylic acids is 1. The summed E-state index contributed by atoms with van der Waals surface area (Å²) in [5.41, 5.74) is 2.37. The van der Waals surface area contributed by atoms with Gasteiger partial charge >= 0.3 is 12.1 Å². The summed E-state index contributed by atoms with van der Waals surface area (Å²) in [6, 6.07) is 7.01. The van der Waals surface area contributed by atoms with E-state index in [1.807, 2.05) is 45.0 Å². The van der Waals surface area contributed by atoms with Crippen molar-refractivity contribution in [2.24, 2.45) is 11.8 Å². The number of benzene rings is 1. The van der Waals surface area contributed by atoms with E-state index >= 15 is 0 Å². The second-order valence-electron chi connectivity index (χ2n) is 10.7. The maximum atomic E-state index is 13.5. The van der Waals surface area contributed by atoms with E-state index in [0.717, 1.165) is 35.0 Å². The number of nitrogens with zero attached hydrogens (tertiary/aromatic N) is 2. The number of carboxylic acids is 1. The molecule has 8 nitrogen and oxygen atoms in total. The minimum Gasteiger partial charge on any atom is -0.480 e. The lowest BCUT2D eigenvalue weighted by molar-refractivity contribution is -0.154. The summed E-state index contributed by atoms with van der Waals surface area (Å²) in [7, 11) is 1.74. The Kier molecular flexibility index (Phi) is 6.60. The highest BCUT2D eigenvalue weighted by atomic mass is 16.6. The zero-order valence-electron chi connectivity index (χ0n) is 20.5. The van der Waals surface area contributed by atoms with Gasteiger partial charge in [-0.1, -0.05) is 18.2 Å². The number of carbonyl (C=O) groups is 3. The topological polar surface area (TPSA) is 103 Å². The van der Waals surface area contributed by atoms with Gasteiger partial charge in [-0.2, -0.15) is 0 Å². The van der Waals surface area contributed by atoms with E-state index in [9.17, 15) is 19.5 Å². The number of carbonyl (C=O) groups excluding carboxylic acids is 2.